The Bertz CT molecular complexity index is 1170. The summed E-state index contributed by atoms with van der Waals surface area (Å²) in [7, 11) is 0. The van der Waals surface area contributed by atoms with Gasteiger partial charge in [-0.1, -0.05) is 30.3 Å². The van der Waals surface area contributed by atoms with Crippen LogP contribution in [-0.2, 0) is 11.3 Å². The van der Waals surface area contributed by atoms with Crippen LogP contribution in [0.3, 0.4) is 0 Å². The summed E-state index contributed by atoms with van der Waals surface area (Å²) in [5.41, 5.74) is 0.742. The second-order valence-corrected chi connectivity index (χ2v) is 6.27. The van der Waals surface area contributed by atoms with Crippen LogP contribution in [0.15, 0.2) is 82.5 Å². The van der Waals surface area contributed by atoms with E-state index in [1.54, 1.807) is 12.1 Å². The first-order valence-corrected chi connectivity index (χ1v) is 8.64. The van der Waals surface area contributed by atoms with Crippen LogP contribution in [0.2, 0.25) is 0 Å². The minimum atomic E-state index is -0.532. The van der Waals surface area contributed by atoms with E-state index in [0.29, 0.717) is 11.3 Å². The summed E-state index contributed by atoms with van der Waals surface area (Å²) in [6.07, 6.45) is 2.82. The number of aromatic nitrogens is 2. The predicted octanol–water partition coefficient (Wildman–Crippen LogP) is 3.03. The summed E-state index contributed by atoms with van der Waals surface area (Å²) < 4.78 is 20.1. The summed E-state index contributed by atoms with van der Waals surface area (Å²) in [6.45, 7) is -0.248. The van der Waals surface area contributed by atoms with E-state index in [0.717, 1.165) is 16.2 Å². The van der Waals surface area contributed by atoms with Crippen LogP contribution in [0.5, 0.6) is 0 Å². The average molecular weight is 377 g/mol. The third-order valence-electron chi connectivity index (χ3n) is 4.37. The lowest BCUT2D eigenvalue weighted by Gasteiger charge is -2.17. The minimum absolute atomic E-state index is 0.126. The maximum Gasteiger partial charge on any atom is 0.261 e. The lowest BCUT2D eigenvalue weighted by molar-refractivity contribution is -0.122. The van der Waals surface area contributed by atoms with Gasteiger partial charge in [-0.05, 0) is 35.9 Å². The number of halogens is 1. The first-order valence-electron chi connectivity index (χ1n) is 8.64. The Kier molecular flexibility index (Phi) is 4.72. The predicted molar refractivity (Wildman–Crippen MR) is 101 cm³/mol. The zero-order valence-electron chi connectivity index (χ0n) is 14.7. The maximum absolute atomic E-state index is 13.5. The molecule has 2 aromatic carbocycles. The molecule has 0 saturated carbocycles. The normalized spacial score (nSPS) is 12.0. The Balaban J connectivity index is 1.60. The van der Waals surface area contributed by atoms with Gasteiger partial charge in [-0.3, -0.25) is 14.2 Å². The average Bonchev–Trinajstić information content (AvgIpc) is 3.24. The molecular weight excluding hydrogens is 361 g/mol. The number of benzene rings is 2. The fourth-order valence-electron chi connectivity index (χ4n) is 3.02. The molecule has 7 heteroatoms. The van der Waals surface area contributed by atoms with E-state index in [2.05, 4.69) is 10.3 Å². The molecular formula is C21H16FN3O3. The number of carbonyl (C=O) groups is 1. The van der Waals surface area contributed by atoms with Crippen molar-refractivity contribution in [3.05, 3.63) is 101 Å². The lowest BCUT2D eigenvalue weighted by Crippen LogP contribution is -2.35. The number of hydrogen-bond acceptors (Lipinski definition) is 4. The van der Waals surface area contributed by atoms with Crippen molar-refractivity contribution in [1.82, 2.24) is 14.9 Å². The molecule has 1 unspecified atom stereocenters. The molecule has 0 saturated heterocycles. The van der Waals surface area contributed by atoms with Crippen molar-refractivity contribution in [2.45, 2.75) is 12.6 Å². The van der Waals surface area contributed by atoms with E-state index in [1.165, 1.54) is 24.7 Å². The molecule has 4 rings (SSSR count). The Labute approximate surface area is 159 Å². The fourth-order valence-corrected chi connectivity index (χ4v) is 3.02. The molecule has 0 aliphatic heterocycles. The van der Waals surface area contributed by atoms with Gasteiger partial charge in [-0.2, -0.15) is 0 Å². The molecule has 0 fully saturated rings. The second-order valence-electron chi connectivity index (χ2n) is 6.27. The fraction of sp³-hybridized carbons (Fsp3) is 0.0952. The molecule has 2 aromatic heterocycles. The highest BCUT2D eigenvalue weighted by atomic mass is 19.1. The van der Waals surface area contributed by atoms with E-state index in [1.807, 2.05) is 30.3 Å². The molecule has 0 aliphatic rings. The number of rotatable bonds is 5. The Hall–Kier alpha value is -3.74. The molecule has 0 spiro atoms. The van der Waals surface area contributed by atoms with Gasteiger partial charge in [0.25, 0.3) is 5.56 Å². The van der Waals surface area contributed by atoms with Gasteiger partial charge >= 0.3 is 0 Å². The third kappa shape index (κ3) is 3.55. The van der Waals surface area contributed by atoms with Gasteiger partial charge in [-0.25, -0.2) is 9.37 Å². The number of nitrogens with one attached hydrogen (secondary N) is 1. The molecule has 0 radical (unpaired) electrons. The first-order chi connectivity index (χ1) is 13.6. The quantitative estimate of drug-likeness (QED) is 0.580. The highest BCUT2D eigenvalue weighted by molar-refractivity contribution is 5.79. The van der Waals surface area contributed by atoms with Crippen molar-refractivity contribution < 1.29 is 13.6 Å². The monoisotopic (exact) mass is 377 g/mol. The van der Waals surface area contributed by atoms with Crippen molar-refractivity contribution in [3.63, 3.8) is 0 Å². The van der Waals surface area contributed by atoms with Crippen LogP contribution < -0.4 is 10.9 Å². The van der Waals surface area contributed by atoms with E-state index < -0.39 is 23.3 Å². The van der Waals surface area contributed by atoms with Crippen LogP contribution in [0.25, 0.3) is 10.9 Å². The summed E-state index contributed by atoms with van der Waals surface area (Å²) in [5, 5.41) is 3.00. The standard InChI is InChI=1S/C21H16FN3O3/c22-15-8-9-17-16(11-15)21(27)25(13-23-17)12-19(26)24-20(18-7-4-10-28-18)14-5-2-1-3-6-14/h1-11,13,20H,12H2,(H,24,26). The molecule has 0 bridgehead atoms. The van der Waals surface area contributed by atoms with Crippen LogP contribution in [-0.4, -0.2) is 15.5 Å². The van der Waals surface area contributed by atoms with E-state index >= 15 is 0 Å². The SMILES string of the molecule is O=C(Cn1cnc2ccc(F)cc2c1=O)NC(c1ccccc1)c1ccco1. The van der Waals surface area contributed by atoms with Gasteiger partial charge in [0.1, 0.15) is 24.2 Å². The molecule has 4 aromatic rings. The number of nitrogens with zero attached hydrogens (tertiary/aromatic N) is 2. The van der Waals surface area contributed by atoms with Gasteiger partial charge in [0.15, 0.2) is 0 Å². The Morgan fingerprint density at radius 3 is 2.71 bits per heavy atom. The number of carbonyl (C=O) groups excluding carboxylic acids is 1. The summed E-state index contributed by atoms with van der Waals surface area (Å²) in [4.78, 5) is 29.3. The maximum atomic E-state index is 13.5. The Morgan fingerprint density at radius 2 is 1.96 bits per heavy atom. The highest BCUT2D eigenvalue weighted by Gasteiger charge is 2.20. The summed E-state index contributed by atoms with van der Waals surface area (Å²) in [5.74, 6) is -0.355. The van der Waals surface area contributed by atoms with Crippen LogP contribution in [0.1, 0.15) is 17.4 Å². The molecule has 0 aliphatic carbocycles. The first kappa shape index (κ1) is 17.7. The molecule has 6 nitrogen and oxygen atoms in total. The summed E-state index contributed by atoms with van der Waals surface area (Å²) >= 11 is 0. The van der Waals surface area contributed by atoms with E-state index in [4.69, 9.17) is 4.42 Å². The van der Waals surface area contributed by atoms with Gasteiger partial charge in [0.05, 0.1) is 23.5 Å². The second kappa shape index (κ2) is 7.48. The van der Waals surface area contributed by atoms with Gasteiger partial charge in [0.2, 0.25) is 5.91 Å². The van der Waals surface area contributed by atoms with E-state index in [-0.39, 0.29) is 11.9 Å². The van der Waals surface area contributed by atoms with Crippen LogP contribution in [0.4, 0.5) is 4.39 Å². The van der Waals surface area contributed by atoms with Crippen LogP contribution >= 0.6 is 0 Å². The van der Waals surface area contributed by atoms with Crippen molar-refractivity contribution in [2.24, 2.45) is 0 Å². The Morgan fingerprint density at radius 1 is 1.14 bits per heavy atom. The molecule has 2 heterocycles. The number of fused-ring (bicyclic) bond motifs is 1. The minimum Gasteiger partial charge on any atom is -0.467 e. The lowest BCUT2D eigenvalue weighted by atomic mass is 10.0. The smallest absolute Gasteiger partial charge is 0.261 e. The molecule has 28 heavy (non-hydrogen) atoms. The zero-order chi connectivity index (χ0) is 19.5. The summed E-state index contributed by atoms with van der Waals surface area (Å²) in [6, 6.07) is 16.2. The van der Waals surface area contributed by atoms with Crippen molar-refractivity contribution >= 4 is 16.8 Å². The molecule has 1 amide bonds. The van der Waals surface area contributed by atoms with Crippen molar-refractivity contribution in [3.8, 4) is 0 Å². The number of amides is 1. The van der Waals surface area contributed by atoms with Crippen LogP contribution in [0, 0.1) is 5.82 Å². The number of furan rings is 1. The zero-order valence-corrected chi connectivity index (χ0v) is 14.7. The topological polar surface area (TPSA) is 77.1 Å². The largest absolute Gasteiger partial charge is 0.467 e. The molecule has 1 N–H and O–H groups in total. The third-order valence-corrected chi connectivity index (χ3v) is 4.37. The molecule has 1 atom stereocenters. The highest BCUT2D eigenvalue weighted by Crippen LogP contribution is 2.22. The van der Waals surface area contributed by atoms with E-state index in [9.17, 15) is 14.0 Å². The molecule has 140 valence electrons. The van der Waals surface area contributed by atoms with Gasteiger partial charge in [0, 0.05) is 0 Å². The van der Waals surface area contributed by atoms with Gasteiger partial charge in [-0.15, -0.1) is 0 Å². The van der Waals surface area contributed by atoms with Gasteiger partial charge < -0.3 is 9.73 Å². The van der Waals surface area contributed by atoms with Crippen molar-refractivity contribution in [2.75, 3.05) is 0 Å². The number of hydrogen-bond donors (Lipinski definition) is 1. The van der Waals surface area contributed by atoms with Crippen molar-refractivity contribution in [1.29, 1.82) is 0 Å².